The average molecular weight is 341 g/mol. The van der Waals surface area contributed by atoms with Crippen LogP contribution in [-0.2, 0) is 17.6 Å². The highest BCUT2D eigenvalue weighted by Crippen LogP contribution is 2.22. The summed E-state index contributed by atoms with van der Waals surface area (Å²) in [5.41, 5.74) is 2.55. The largest absolute Gasteiger partial charge is 0.355 e. The van der Waals surface area contributed by atoms with E-state index in [1.807, 2.05) is 23.6 Å². The van der Waals surface area contributed by atoms with E-state index in [1.165, 1.54) is 23.5 Å². The van der Waals surface area contributed by atoms with Crippen LogP contribution in [0.4, 0.5) is 4.39 Å². The van der Waals surface area contributed by atoms with Gasteiger partial charge in [-0.15, -0.1) is 11.3 Å². The fourth-order valence-corrected chi connectivity index (χ4v) is 3.09. The van der Waals surface area contributed by atoms with Crippen LogP contribution in [0.5, 0.6) is 0 Å². The molecule has 1 aromatic carbocycles. The molecule has 0 unspecified atom stereocenters. The molecular weight excluding hydrogens is 325 g/mol. The number of benzene rings is 1. The predicted molar refractivity (Wildman–Crippen MR) is 92.2 cm³/mol. The third-order valence-corrected chi connectivity index (χ3v) is 4.37. The minimum atomic E-state index is -0.260. The molecule has 0 bridgehead atoms. The van der Waals surface area contributed by atoms with Crippen LogP contribution in [0.15, 0.2) is 54.2 Å². The molecule has 24 heavy (non-hydrogen) atoms. The quantitative estimate of drug-likeness (QED) is 0.749. The number of rotatable bonds is 6. The topological polar surface area (TPSA) is 54.9 Å². The van der Waals surface area contributed by atoms with Crippen LogP contribution >= 0.6 is 11.3 Å². The van der Waals surface area contributed by atoms with E-state index >= 15 is 0 Å². The number of halogens is 1. The van der Waals surface area contributed by atoms with Gasteiger partial charge in [-0.1, -0.05) is 12.1 Å². The van der Waals surface area contributed by atoms with Crippen molar-refractivity contribution in [1.29, 1.82) is 0 Å². The molecule has 4 nitrogen and oxygen atoms in total. The molecule has 6 heteroatoms. The number of thiazole rings is 1. The normalized spacial score (nSPS) is 10.5. The molecule has 0 saturated heterocycles. The number of carbonyl (C=O) groups excluding carboxylic acids is 1. The number of hydrogen-bond donors (Lipinski definition) is 1. The Hall–Kier alpha value is -2.60. The van der Waals surface area contributed by atoms with Crippen LogP contribution < -0.4 is 5.32 Å². The van der Waals surface area contributed by atoms with Crippen LogP contribution in [0.2, 0.25) is 0 Å². The Bertz CT molecular complexity index is 820. The summed E-state index contributed by atoms with van der Waals surface area (Å²) in [4.78, 5) is 20.5. The first-order valence-electron chi connectivity index (χ1n) is 7.56. The van der Waals surface area contributed by atoms with Crippen molar-refractivity contribution < 1.29 is 9.18 Å². The predicted octanol–water partition coefficient (Wildman–Crippen LogP) is 3.25. The van der Waals surface area contributed by atoms with Gasteiger partial charge in [-0.2, -0.15) is 0 Å². The van der Waals surface area contributed by atoms with Gasteiger partial charge < -0.3 is 5.32 Å². The van der Waals surface area contributed by atoms with Crippen molar-refractivity contribution in [3.05, 3.63) is 71.2 Å². The summed E-state index contributed by atoms with van der Waals surface area (Å²) < 4.78 is 13.1. The summed E-state index contributed by atoms with van der Waals surface area (Å²) in [6.07, 6.45) is 4.30. The molecule has 0 fully saturated rings. The van der Waals surface area contributed by atoms with Crippen molar-refractivity contribution in [2.75, 3.05) is 6.54 Å². The maximum atomic E-state index is 13.1. The second-order valence-electron chi connectivity index (χ2n) is 5.29. The molecule has 3 aromatic rings. The summed E-state index contributed by atoms with van der Waals surface area (Å²) in [5, 5.41) is 5.57. The molecule has 0 radical (unpaired) electrons. The first-order chi connectivity index (χ1) is 11.7. The fourth-order valence-electron chi connectivity index (χ4n) is 2.28. The zero-order chi connectivity index (χ0) is 16.8. The Balaban J connectivity index is 1.49. The molecule has 1 amide bonds. The zero-order valence-electron chi connectivity index (χ0n) is 12.9. The molecule has 2 heterocycles. The molecule has 2 aromatic heterocycles. The lowest BCUT2D eigenvalue weighted by Gasteiger charge is -2.04. The number of aromatic nitrogens is 2. The van der Waals surface area contributed by atoms with E-state index in [-0.39, 0.29) is 18.1 Å². The van der Waals surface area contributed by atoms with Crippen LogP contribution in [-0.4, -0.2) is 22.4 Å². The second-order valence-corrected chi connectivity index (χ2v) is 6.15. The maximum Gasteiger partial charge on any atom is 0.226 e. The van der Waals surface area contributed by atoms with Crippen LogP contribution in [0.3, 0.4) is 0 Å². The molecule has 0 atom stereocenters. The van der Waals surface area contributed by atoms with Gasteiger partial charge in [0.1, 0.15) is 10.8 Å². The Labute approximate surface area is 143 Å². The van der Waals surface area contributed by atoms with Crippen molar-refractivity contribution in [3.8, 4) is 10.6 Å². The van der Waals surface area contributed by atoms with E-state index in [2.05, 4.69) is 15.3 Å². The number of nitrogens with one attached hydrogen (secondary N) is 1. The molecule has 0 aliphatic heterocycles. The zero-order valence-corrected chi connectivity index (χ0v) is 13.7. The minimum absolute atomic E-state index is 0.0885. The Morgan fingerprint density at radius 3 is 2.96 bits per heavy atom. The van der Waals surface area contributed by atoms with Crippen molar-refractivity contribution >= 4 is 17.2 Å². The van der Waals surface area contributed by atoms with Gasteiger partial charge in [0, 0.05) is 29.9 Å². The number of pyridine rings is 1. The summed E-state index contributed by atoms with van der Waals surface area (Å²) in [7, 11) is 0. The van der Waals surface area contributed by atoms with Crippen LogP contribution in [0, 0.1) is 5.82 Å². The third-order valence-electron chi connectivity index (χ3n) is 3.43. The third kappa shape index (κ3) is 4.45. The highest BCUT2D eigenvalue weighted by atomic mass is 32.1. The van der Waals surface area contributed by atoms with Gasteiger partial charge in [-0.3, -0.25) is 9.78 Å². The second kappa shape index (κ2) is 7.79. The molecule has 1 N–H and O–H groups in total. The highest BCUT2D eigenvalue weighted by molar-refractivity contribution is 7.13. The molecule has 3 rings (SSSR count). The van der Waals surface area contributed by atoms with Gasteiger partial charge in [-0.25, -0.2) is 9.37 Å². The first-order valence-corrected chi connectivity index (χ1v) is 8.44. The van der Waals surface area contributed by atoms with E-state index in [0.29, 0.717) is 13.0 Å². The summed E-state index contributed by atoms with van der Waals surface area (Å²) in [6.45, 7) is 0.474. The number of carbonyl (C=O) groups is 1. The van der Waals surface area contributed by atoms with Gasteiger partial charge in [0.2, 0.25) is 5.91 Å². The van der Waals surface area contributed by atoms with E-state index in [1.54, 1.807) is 18.5 Å². The Morgan fingerprint density at radius 1 is 1.25 bits per heavy atom. The van der Waals surface area contributed by atoms with Gasteiger partial charge >= 0.3 is 0 Å². The maximum absolute atomic E-state index is 13.1. The van der Waals surface area contributed by atoms with Crippen molar-refractivity contribution in [1.82, 2.24) is 15.3 Å². The molecular formula is C18H16FN3OS. The lowest BCUT2D eigenvalue weighted by atomic mass is 10.1. The molecule has 122 valence electrons. The number of hydrogen-bond acceptors (Lipinski definition) is 4. The fraction of sp³-hybridized carbons (Fsp3) is 0.167. The standard InChI is InChI=1S/C18H16FN3OS/c19-15-5-1-3-13(9-15)6-8-21-17(23)10-16-12-24-18(22-16)14-4-2-7-20-11-14/h1-5,7,9,11-12H,6,8,10H2,(H,21,23). The van der Waals surface area contributed by atoms with Crippen molar-refractivity contribution in [3.63, 3.8) is 0 Å². The Morgan fingerprint density at radius 2 is 2.17 bits per heavy atom. The van der Waals surface area contributed by atoms with E-state index in [4.69, 9.17) is 0 Å². The SMILES string of the molecule is O=C(Cc1csc(-c2cccnc2)n1)NCCc1cccc(F)c1. The lowest BCUT2D eigenvalue weighted by molar-refractivity contribution is -0.120. The van der Waals surface area contributed by atoms with Crippen molar-refractivity contribution in [2.45, 2.75) is 12.8 Å². The summed E-state index contributed by atoms with van der Waals surface area (Å²) in [6, 6.07) is 10.2. The summed E-state index contributed by atoms with van der Waals surface area (Å²) >= 11 is 1.49. The van der Waals surface area contributed by atoms with Gasteiger partial charge in [0.15, 0.2) is 0 Å². The van der Waals surface area contributed by atoms with Crippen LogP contribution in [0.1, 0.15) is 11.3 Å². The van der Waals surface area contributed by atoms with E-state index in [0.717, 1.165) is 21.8 Å². The molecule has 0 saturated carbocycles. The minimum Gasteiger partial charge on any atom is -0.355 e. The number of amides is 1. The lowest BCUT2D eigenvalue weighted by Crippen LogP contribution is -2.27. The van der Waals surface area contributed by atoms with E-state index < -0.39 is 0 Å². The average Bonchev–Trinajstić information content (AvgIpc) is 3.04. The monoisotopic (exact) mass is 341 g/mol. The highest BCUT2D eigenvalue weighted by Gasteiger charge is 2.09. The summed E-state index contributed by atoms with van der Waals surface area (Å²) in [5.74, 6) is -0.348. The van der Waals surface area contributed by atoms with Gasteiger partial charge in [0.05, 0.1) is 12.1 Å². The number of nitrogens with zero attached hydrogens (tertiary/aromatic N) is 2. The molecule has 0 aliphatic rings. The van der Waals surface area contributed by atoms with E-state index in [9.17, 15) is 9.18 Å². The van der Waals surface area contributed by atoms with Crippen LogP contribution in [0.25, 0.3) is 10.6 Å². The van der Waals surface area contributed by atoms with Gasteiger partial charge in [0.25, 0.3) is 0 Å². The Kier molecular flexibility index (Phi) is 5.28. The van der Waals surface area contributed by atoms with Crippen molar-refractivity contribution in [2.24, 2.45) is 0 Å². The molecule has 0 aliphatic carbocycles. The first kappa shape index (κ1) is 16.3. The van der Waals surface area contributed by atoms with Gasteiger partial charge in [-0.05, 0) is 36.2 Å². The smallest absolute Gasteiger partial charge is 0.226 e. The molecule has 0 spiro atoms.